The molecule has 11 heavy (non-hydrogen) atoms. The van der Waals surface area contributed by atoms with Crippen LogP contribution in [0, 0.1) is 6.42 Å². The Morgan fingerprint density at radius 3 is 2.27 bits per heavy atom. The second-order valence-electron chi connectivity index (χ2n) is 3.01. The van der Waals surface area contributed by atoms with Crippen molar-refractivity contribution in [1.82, 2.24) is 0 Å². The zero-order valence-corrected chi connectivity index (χ0v) is 7.13. The third-order valence-electron chi connectivity index (χ3n) is 1.95. The SMILES string of the molecule is [CH]1CC/C=C\C=C/CCCC1. The van der Waals surface area contributed by atoms with Crippen LogP contribution in [0.5, 0.6) is 0 Å². The zero-order chi connectivity index (χ0) is 7.78. The van der Waals surface area contributed by atoms with Gasteiger partial charge in [0.25, 0.3) is 0 Å². The summed E-state index contributed by atoms with van der Waals surface area (Å²) in [5.74, 6) is 0. The first kappa shape index (κ1) is 8.58. The van der Waals surface area contributed by atoms with Crippen LogP contribution in [0.2, 0.25) is 0 Å². The summed E-state index contributed by atoms with van der Waals surface area (Å²) in [4.78, 5) is 0. The van der Waals surface area contributed by atoms with Gasteiger partial charge in [-0.05, 0) is 32.1 Å². The van der Waals surface area contributed by atoms with E-state index in [0.29, 0.717) is 0 Å². The van der Waals surface area contributed by atoms with Gasteiger partial charge >= 0.3 is 0 Å². The van der Waals surface area contributed by atoms with E-state index in [2.05, 4.69) is 30.7 Å². The molecule has 0 aliphatic heterocycles. The number of hydrogen-bond donors (Lipinski definition) is 0. The molecule has 0 heterocycles. The molecular weight excluding hydrogens is 132 g/mol. The Morgan fingerprint density at radius 2 is 1.36 bits per heavy atom. The lowest BCUT2D eigenvalue weighted by Crippen LogP contribution is -1.78. The Balaban J connectivity index is 2.22. The zero-order valence-electron chi connectivity index (χ0n) is 7.13. The van der Waals surface area contributed by atoms with Crippen LogP contribution < -0.4 is 0 Å². The van der Waals surface area contributed by atoms with Crippen LogP contribution in [0.3, 0.4) is 0 Å². The van der Waals surface area contributed by atoms with Crippen molar-refractivity contribution in [2.24, 2.45) is 0 Å². The molecule has 1 rings (SSSR count). The molecule has 0 aromatic carbocycles. The van der Waals surface area contributed by atoms with E-state index in [4.69, 9.17) is 0 Å². The van der Waals surface area contributed by atoms with Gasteiger partial charge in [-0.3, -0.25) is 0 Å². The summed E-state index contributed by atoms with van der Waals surface area (Å²) in [6, 6.07) is 0. The highest BCUT2D eigenvalue weighted by Crippen LogP contribution is 2.08. The van der Waals surface area contributed by atoms with E-state index in [1.165, 1.54) is 38.5 Å². The van der Waals surface area contributed by atoms with Gasteiger partial charge in [0, 0.05) is 0 Å². The monoisotopic (exact) mass is 149 g/mol. The van der Waals surface area contributed by atoms with Crippen molar-refractivity contribution in [2.75, 3.05) is 0 Å². The Hall–Kier alpha value is -0.520. The maximum absolute atomic E-state index is 2.41. The molecule has 1 radical (unpaired) electrons. The topological polar surface area (TPSA) is 0 Å². The first-order chi connectivity index (χ1) is 5.50. The maximum atomic E-state index is 2.41. The molecule has 1 aliphatic rings. The highest BCUT2D eigenvalue weighted by Gasteiger charge is 1.89. The van der Waals surface area contributed by atoms with Crippen molar-refractivity contribution >= 4 is 0 Å². The lowest BCUT2D eigenvalue weighted by Gasteiger charge is -1.96. The minimum atomic E-state index is 1.21. The van der Waals surface area contributed by atoms with E-state index in [9.17, 15) is 0 Å². The number of rotatable bonds is 0. The number of hydrogen-bond acceptors (Lipinski definition) is 0. The van der Waals surface area contributed by atoms with Crippen molar-refractivity contribution in [1.29, 1.82) is 0 Å². The molecule has 0 fully saturated rings. The number of allylic oxidation sites excluding steroid dienone is 4. The van der Waals surface area contributed by atoms with Crippen LogP contribution >= 0.6 is 0 Å². The van der Waals surface area contributed by atoms with Crippen LogP contribution in [0.4, 0.5) is 0 Å². The van der Waals surface area contributed by atoms with Gasteiger partial charge in [0.1, 0.15) is 0 Å². The van der Waals surface area contributed by atoms with Gasteiger partial charge < -0.3 is 0 Å². The van der Waals surface area contributed by atoms with Crippen LogP contribution in [0.1, 0.15) is 38.5 Å². The average Bonchev–Trinajstić information content (AvgIpc) is 2.08. The Kier molecular flexibility index (Phi) is 4.84. The lowest BCUT2D eigenvalue weighted by atomic mass is 10.1. The van der Waals surface area contributed by atoms with Crippen LogP contribution in [0.15, 0.2) is 24.3 Å². The highest BCUT2D eigenvalue weighted by molar-refractivity contribution is 5.02. The van der Waals surface area contributed by atoms with Crippen molar-refractivity contribution < 1.29 is 0 Å². The Bertz CT molecular complexity index is 115. The minimum absolute atomic E-state index is 1.21. The molecule has 1 aliphatic carbocycles. The first-order valence-corrected chi connectivity index (χ1v) is 4.63. The van der Waals surface area contributed by atoms with Crippen LogP contribution in [-0.2, 0) is 0 Å². The molecule has 0 spiro atoms. The molecule has 0 bridgehead atoms. The molecule has 0 aromatic rings. The molecule has 0 heteroatoms. The molecule has 0 unspecified atom stereocenters. The average molecular weight is 149 g/mol. The second-order valence-corrected chi connectivity index (χ2v) is 3.01. The van der Waals surface area contributed by atoms with Gasteiger partial charge in [-0.25, -0.2) is 0 Å². The van der Waals surface area contributed by atoms with E-state index in [0.717, 1.165) is 0 Å². The van der Waals surface area contributed by atoms with Crippen LogP contribution in [-0.4, -0.2) is 0 Å². The van der Waals surface area contributed by atoms with Crippen molar-refractivity contribution in [2.45, 2.75) is 38.5 Å². The summed E-state index contributed by atoms with van der Waals surface area (Å²) in [5.41, 5.74) is 0. The van der Waals surface area contributed by atoms with Crippen molar-refractivity contribution in [3.05, 3.63) is 30.7 Å². The van der Waals surface area contributed by atoms with E-state index in [1.54, 1.807) is 0 Å². The van der Waals surface area contributed by atoms with Gasteiger partial charge in [0.2, 0.25) is 0 Å². The fourth-order valence-electron chi connectivity index (χ4n) is 1.26. The molecule has 61 valence electrons. The van der Waals surface area contributed by atoms with Crippen molar-refractivity contribution in [3.8, 4) is 0 Å². The predicted molar refractivity (Wildman–Crippen MR) is 50.3 cm³/mol. The smallest absolute Gasteiger partial charge is 0.0345 e. The van der Waals surface area contributed by atoms with E-state index in [-0.39, 0.29) is 0 Å². The Morgan fingerprint density at radius 1 is 0.636 bits per heavy atom. The quantitative estimate of drug-likeness (QED) is 0.493. The molecule has 0 atom stereocenters. The molecule has 0 saturated carbocycles. The molecule has 0 nitrogen and oxygen atoms in total. The molecule has 0 aromatic heterocycles. The fourth-order valence-corrected chi connectivity index (χ4v) is 1.26. The summed E-state index contributed by atoms with van der Waals surface area (Å²) in [7, 11) is 0. The summed E-state index contributed by atoms with van der Waals surface area (Å²) >= 11 is 0. The van der Waals surface area contributed by atoms with Gasteiger partial charge in [0.05, 0.1) is 0 Å². The van der Waals surface area contributed by atoms with Crippen LogP contribution in [0.25, 0.3) is 0 Å². The summed E-state index contributed by atoms with van der Waals surface area (Å²) in [5, 5.41) is 0. The third kappa shape index (κ3) is 4.83. The van der Waals surface area contributed by atoms with E-state index >= 15 is 0 Å². The van der Waals surface area contributed by atoms with Gasteiger partial charge in [-0.15, -0.1) is 0 Å². The lowest BCUT2D eigenvalue weighted by molar-refractivity contribution is 0.716. The van der Waals surface area contributed by atoms with E-state index in [1.807, 2.05) is 0 Å². The van der Waals surface area contributed by atoms with E-state index < -0.39 is 0 Å². The third-order valence-corrected chi connectivity index (χ3v) is 1.95. The second kappa shape index (κ2) is 6.21. The Labute approximate surface area is 70.0 Å². The van der Waals surface area contributed by atoms with Gasteiger partial charge in [0.15, 0.2) is 0 Å². The molecule has 0 saturated heterocycles. The molecule has 0 amide bonds. The normalized spacial score (nSPS) is 26.9. The standard InChI is InChI=1S/C11H17/c1-2-4-6-8-10-11-9-7-5-3-1/h1-4,9H,5-8,10-11H2/b3-1-,4-2-. The summed E-state index contributed by atoms with van der Waals surface area (Å²) < 4.78 is 0. The summed E-state index contributed by atoms with van der Waals surface area (Å²) in [6.07, 6.45) is 19.0. The first-order valence-electron chi connectivity index (χ1n) is 4.63. The predicted octanol–water partition coefficient (Wildman–Crippen LogP) is 3.66. The van der Waals surface area contributed by atoms with Crippen molar-refractivity contribution in [3.63, 3.8) is 0 Å². The fraction of sp³-hybridized carbons (Fsp3) is 0.545. The molecular formula is C11H17. The van der Waals surface area contributed by atoms with Gasteiger partial charge in [-0.1, -0.05) is 37.1 Å². The largest absolute Gasteiger partial charge is 0.0845 e. The summed E-state index contributed by atoms with van der Waals surface area (Å²) in [6.45, 7) is 0. The highest BCUT2D eigenvalue weighted by atomic mass is 14.0. The van der Waals surface area contributed by atoms with Gasteiger partial charge in [-0.2, -0.15) is 0 Å². The maximum Gasteiger partial charge on any atom is -0.0345 e. The minimum Gasteiger partial charge on any atom is -0.0845 e. The molecule has 0 N–H and O–H groups in total.